The topological polar surface area (TPSA) is 96.4 Å². The van der Waals surface area contributed by atoms with Crippen molar-refractivity contribution >= 4 is 26.8 Å². The number of sulfone groups is 1. The van der Waals surface area contributed by atoms with Gasteiger partial charge in [0.25, 0.3) is 0 Å². The maximum absolute atomic E-state index is 12.8. The van der Waals surface area contributed by atoms with Crippen molar-refractivity contribution in [3.05, 3.63) is 29.8 Å². The van der Waals surface area contributed by atoms with Crippen LogP contribution in [0.15, 0.2) is 18.3 Å². The van der Waals surface area contributed by atoms with Gasteiger partial charge in [0.2, 0.25) is 5.91 Å². The molecule has 9 heteroatoms. The summed E-state index contributed by atoms with van der Waals surface area (Å²) in [5.41, 5.74) is 1.78. The van der Waals surface area contributed by atoms with E-state index in [1.54, 1.807) is 6.20 Å². The first-order chi connectivity index (χ1) is 14.7. The van der Waals surface area contributed by atoms with Crippen LogP contribution < -0.4 is 0 Å². The highest BCUT2D eigenvalue weighted by atomic mass is 32.2. The van der Waals surface area contributed by atoms with Crippen LogP contribution in [0.25, 0.3) is 11.0 Å². The van der Waals surface area contributed by atoms with Crippen molar-refractivity contribution in [2.45, 2.75) is 51.0 Å². The van der Waals surface area contributed by atoms with E-state index >= 15 is 0 Å². The third-order valence-corrected chi connectivity index (χ3v) is 8.24. The van der Waals surface area contributed by atoms with Gasteiger partial charge in [-0.15, -0.1) is 0 Å². The van der Waals surface area contributed by atoms with E-state index in [-0.39, 0.29) is 41.8 Å². The predicted molar refractivity (Wildman–Crippen MR) is 120 cm³/mol. The molecule has 4 heterocycles. The summed E-state index contributed by atoms with van der Waals surface area (Å²) < 4.78 is 23.5. The van der Waals surface area contributed by atoms with Crippen LogP contribution >= 0.6 is 0 Å². The Morgan fingerprint density at radius 1 is 1.23 bits per heavy atom. The molecule has 2 aromatic heterocycles. The molecule has 1 atom stereocenters. The molecule has 2 fully saturated rings. The molecule has 168 valence electrons. The summed E-state index contributed by atoms with van der Waals surface area (Å²) in [5, 5.41) is 0.999. The largest absolute Gasteiger partial charge is 0.342 e. The number of carbonyl (C=O) groups is 1. The van der Waals surface area contributed by atoms with Gasteiger partial charge in [-0.2, -0.15) is 0 Å². The second kappa shape index (κ2) is 8.78. The first-order valence-corrected chi connectivity index (χ1v) is 12.9. The van der Waals surface area contributed by atoms with Crippen LogP contribution in [0, 0.1) is 0 Å². The van der Waals surface area contributed by atoms with Crippen molar-refractivity contribution in [2.24, 2.45) is 0 Å². The van der Waals surface area contributed by atoms with Crippen molar-refractivity contribution in [2.75, 3.05) is 38.2 Å². The molecule has 2 aromatic rings. The Morgan fingerprint density at radius 2 is 1.97 bits per heavy atom. The number of amides is 1. The zero-order valence-corrected chi connectivity index (χ0v) is 19.3. The number of likely N-dealkylation sites (tertiary alicyclic amines) is 1. The first kappa shape index (κ1) is 22.1. The second-order valence-electron chi connectivity index (χ2n) is 9.12. The average molecular weight is 446 g/mol. The van der Waals surface area contributed by atoms with E-state index in [1.165, 1.54) is 0 Å². The Kier molecular flexibility index (Phi) is 6.25. The Balaban J connectivity index is 1.41. The lowest BCUT2D eigenvalue weighted by Gasteiger charge is -2.34. The monoisotopic (exact) mass is 445 g/mol. The fourth-order valence-corrected chi connectivity index (χ4v) is 6.35. The van der Waals surface area contributed by atoms with Crippen molar-refractivity contribution in [1.29, 1.82) is 0 Å². The molecule has 0 N–H and O–H groups in total. The minimum absolute atomic E-state index is 0.0548. The summed E-state index contributed by atoms with van der Waals surface area (Å²) >= 11 is 0. The summed E-state index contributed by atoms with van der Waals surface area (Å²) in [7, 11) is -1.10. The number of pyridine rings is 1. The van der Waals surface area contributed by atoms with Gasteiger partial charge >= 0.3 is 0 Å². The molecule has 2 saturated heterocycles. The van der Waals surface area contributed by atoms with Gasteiger partial charge in [-0.1, -0.05) is 13.8 Å². The molecule has 2 aliphatic heterocycles. The third kappa shape index (κ3) is 4.87. The third-order valence-electron chi connectivity index (χ3n) is 6.49. The van der Waals surface area contributed by atoms with E-state index in [1.807, 2.05) is 29.0 Å². The van der Waals surface area contributed by atoms with Crippen LogP contribution in [0.4, 0.5) is 0 Å². The number of nitrogens with zero attached hydrogens (tertiary/aromatic N) is 5. The zero-order valence-electron chi connectivity index (χ0n) is 18.5. The van der Waals surface area contributed by atoms with Gasteiger partial charge in [-0.25, -0.2) is 23.4 Å². The predicted octanol–water partition coefficient (Wildman–Crippen LogP) is 1.97. The normalized spacial score (nSPS) is 22.0. The second-order valence-corrected chi connectivity index (χ2v) is 11.4. The smallest absolute Gasteiger partial charge is 0.236 e. The highest BCUT2D eigenvalue weighted by Crippen LogP contribution is 2.32. The quantitative estimate of drug-likeness (QED) is 0.694. The van der Waals surface area contributed by atoms with E-state index in [4.69, 9.17) is 4.98 Å². The lowest BCUT2D eigenvalue weighted by atomic mass is 9.91. The summed E-state index contributed by atoms with van der Waals surface area (Å²) in [4.78, 5) is 30.6. The summed E-state index contributed by atoms with van der Waals surface area (Å²) in [6.07, 6.45) is 4.08. The van der Waals surface area contributed by atoms with Gasteiger partial charge in [0.1, 0.15) is 5.82 Å². The molecule has 0 radical (unpaired) electrons. The van der Waals surface area contributed by atoms with Gasteiger partial charge < -0.3 is 4.90 Å². The maximum Gasteiger partial charge on any atom is 0.236 e. The summed E-state index contributed by atoms with van der Waals surface area (Å²) in [6, 6.07) is 3.90. The van der Waals surface area contributed by atoms with Crippen LogP contribution in [-0.4, -0.2) is 83.3 Å². The summed E-state index contributed by atoms with van der Waals surface area (Å²) in [6.45, 7) is 5.80. The number of likely N-dealkylation sites (N-methyl/N-ethyl adjacent to an activating group) is 1. The van der Waals surface area contributed by atoms with Crippen molar-refractivity contribution in [1.82, 2.24) is 24.8 Å². The molecular weight excluding hydrogens is 414 g/mol. The van der Waals surface area contributed by atoms with Gasteiger partial charge in [0.05, 0.1) is 23.7 Å². The maximum atomic E-state index is 12.8. The van der Waals surface area contributed by atoms with Crippen molar-refractivity contribution in [3.63, 3.8) is 0 Å². The molecule has 8 nitrogen and oxygen atoms in total. The van der Waals surface area contributed by atoms with Crippen LogP contribution in [0.5, 0.6) is 0 Å². The van der Waals surface area contributed by atoms with E-state index in [0.717, 1.165) is 35.4 Å². The Bertz CT molecular complexity index is 1060. The Hall–Kier alpha value is -2.13. The number of rotatable bonds is 5. The highest BCUT2D eigenvalue weighted by Gasteiger charge is 2.33. The van der Waals surface area contributed by atoms with Crippen molar-refractivity contribution < 1.29 is 13.2 Å². The molecule has 0 bridgehead atoms. The molecule has 0 aliphatic carbocycles. The number of hydrogen-bond acceptors (Lipinski definition) is 7. The van der Waals surface area contributed by atoms with Gasteiger partial charge in [-0.3, -0.25) is 9.69 Å². The fourth-order valence-electron chi connectivity index (χ4n) is 4.54. The number of fused-ring (bicyclic) bond motifs is 1. The highest BCUT2D eigenvalue weighted by molar-refractivity contribution is 7.91. The molecule has 4 rings (SSSR count). The Morgan fingerprint density at radius 3 is 2.61 bits per heavy atom. The van der Waals surface area contributed by atoms with Gasteiger partial charge in [-0.05, 0) is 38.4 Å². The molecule has 0 aromatic carbocycles. The van der Waals surface area contributed by atoms with Crippen LogP contribution in [0.3, 0.4) is 0 Å². The minimum atomic E-state index is -2.95. The molecular formula is C22H31N5O3S. The number of aromatic nitrogens is 3. The number of hydrogen-bond donors (Lipinski definition) is 0. The minimum Gasteiger partial charge on any atom is -0.342 e. The van der Waals surface area contributed by atoms with Gasteiger partial charge in [0.15, 0.2) is 15.5 Å². The standard InChI is InChI=1S/C22H31N5O3S/c1-15(2)21-24-20(18-5-4-9-23-22(18)25-21)16-6-10-27(11-7-16)19(28)13-26(3)17-8-12-31(29,30)14-17/h4-5,9,15-17H,6-8,10-14H2,1-3H3. The SMILES string of the molecule is CC(C)c1nc(C2CCN(C(=O)CN(C)C3CCS(=O)(=O)C3)CC2)c2cccnc2n1. The van der Waals surface area contributed by atoms with E-state index in [2.05, 4.69) is 23.8 Å². The summed E-state index contributed by atoms with van der Waals surface area (Å²) in [5.74, 6) is 1.76. The lowest BCUT2D eigenvalue weighted by Crippen LogP contribution is -2.45. The lowest BCUT2D eigenvalue weighted by molar-refractivity contribution is -0.133. The van der Waals surface area contributed by atoms with Crippen LogP contribution in [0.2, 0.25) is 0 Å². The van der Waals surface area contributed by atoms with E-state index in [9.17, 15) is 13.2 Å². The molecule has 1 amide bonds. The van der Waals surface area contributed by atoms with Gasteiger partial charge in [0, 0.05) is 42.6 Å². The molecule has 31 heavy (non-hydrogen) atoms. The number of carbonyl (C=O) groups excluding carboxylic acids is 1. The van der Waals surface area contributed by atoms with Crippen LogP contribution in [0.1, 0.15) is 56.5 Å². The average Bonchev–Trinajstić information content (AvgIpc) is 3.12. The Labute approximate surface area is 184 Å². The fraction of sp³-hybridized carbons (Fsp3) is 0.636. The molecule has 0 saturated carbocycles. The first-order valence-electron chi connectivity index (χ1n) is 11.0. The molecule has 1 unspecified atom stereocenters. The molecule has 0 spiro atoms. The zero-order chi connectivity index (χ0) is 22.2. The van der Waals surface area contributed by atoms with E-state index in [0.29, 0.717) is 19.5 Å². The van der Waals surface area contributed by atoms with E-state index < -0.39 is 9.84 Å². The number of piperidine rings is 1. The molecule has 2 aliphatic rings. The van der Waals surface area contributed by atoms with Crippen LogP contribution in [-0.2, 0) is 14.6 Å². The van der Waals surface area contributed by atoms with Crippen molar-refractivity contribution in [3.8, 4) is 0 Å².